The average molecular weight is 357 g/mol. The number of hydrogen-bond acceptors (Lipinski definition) is 2. The second kappa shape index (κ2) is 11.0. The van der Waals surface area contributed by atoms with Crippen molar-refractivity contribution in [1.82, 2.24) is 0 Å². The molecule has 1 aromatic rings. The molecule has 142 valence electrons. The Bertz CT molecular complexity index is 603. The molecule has 1 unspecified atom stereocenters. The molecule has 1 aliphatic rings. The molecule has 0 fully saturated rings. The Kier molecular flexibility index (Phi) is 8.63. The monoisotopic (exact) mass is 356 g/mol. The predicted molar refractivity (Wildman–Crippen MR) is 107 cm³/mol. The Balaban J connectivity index is 1.75. The van der Waals surface area contributed by atoms with E-state index < -0.39 is 11.6 Å². The van der Waals surface area contributed by atoms with Gasteiger partial charge in [-0.25, -0.2) is 4.79 Å². The number of carboxylic acids is 1. The number of allylic oxidation sites excluding steroid dienone is 2. The summed E-state index contributed by atoms with van der Waals surface area (Å²) in [5.41, 5.74) is 0.948. The van der Waals surface area contributed by atoms with E-state index >= 15 is 0 Å². The molecule has 1 atom stereocenters. The number of carbonyl (C=O) groups is 1. The highest BCUT2D eigenvalue weighted by Crippen LogP contribution is 2.30. The Morgan fingerprint density at radius 1 is 1.04 bits per heavy atom. The summed E-state index contributed by atoms with van der Waals surface area (Å²) >= 11 is 0. The molecule has 0 radical (unpaired) electrons. The van der Waals surface area contributed by atoms with Crippen LogP contribution in [0.4, 0.5) is 0 Å². The van der Waals surface area contributed by atoms with Gasteiger partial charge in [0.1, 0.15) is 0 Å². The van der Waals surface area contributed by atoms with Crippen molar-refractivity contribution in [2.75, 3.05) is 6.61 Å². The van der Waals surface area contributed by atoms with Crippen LogP contribution in [0.1, 0.15) is 70.3 Å². The lowest BCUT2D eigenvalue weighted by molar-refractivity contribution is -0.159. The molecule has 3 nitrogen and oxygen atoms in total. The topological polar surface area (TPSA) is 46.5 Å². The normalized spacial score (nSPS) is 19.3. The first-order valence-corrected chi connectivity index (χ1v) is 10.00. The standard InChI is InChI=1S/C23H32O3/c1-2-3-4-5-6-7-8-12-19-26-23(22(24)25)17-15-21(16-18-23)20-13-10-9-11-14-20/h9-11,13-17H,2-8,12,18-19H2,1H3,(H,24,25). The first-order chi connectivity index (χ1) is 12.7. The van der Waals surface area contributed by atoms with E-state index in [9.17, 15) is 9.90 Å². The Morgan fingerprint density at radius 2 is 1.69 bits per heavy atom. The molecule has 0 spiro atoms. The summed E-state index contributed by atoms with van der Waals surface area (Å²) in [6.07, 6.45) is 15.7. The van der Waals surface area contributed by atoms with Crippen LogP contribution in [-0.2, 0) is 9.53 Å². The number of benzene rings is 1. The first kappa shape index (κ1) is 20.4. The Morgan fingerprint density at radius 3 is 2.27 bits per heavy atom. The maximum absolute atomic E-state index is 11.8. The molecule has 2 rings (SSSR count). The maximum Gasteiger partial charge on any atom is 0.340 e. The lowest BCUT2D eigenvalue weighted by Crippen LogP contribution is -2.40. The van der Waals surface area contributed by atoms with E-state index in [0.29, 0.717) is 13.0 Å². The molecule has 0 bridgehead atoms. The number of rotatable bonds is 12. The van der Waals surface area contributed by atoms with Crippen molar-refractivity contribution in [3.05, 3.63) is 54.1 Å². The van der Waals surface area contributed by atoms with E-state index in [4.69, 9.17) is 4.74 Å². The minimum Gasteiger partial charge on any atom is -0.479 e. The highest BCUT2D eigenvalue weighted by Gasteiger charge is 2.37. The van der Waals surface area contributed by atoms with Gasteiger partial charge in [0.05, 0.1) is 0 Å². The van der Waals surface area contributed by atoms with Gasteiger partial charge in [0.15, 0.2) is 5.60 Å². The van der Waals surface area contributed by atoms with Crippen molar-refractivity contribution in [3.63, 3.8) is 0 Å². The van der Waals surface area contributed by atoms with E-state index in [1.807, 2.05) is 42.5 Å². The minimum atomic E-state index is -1.21. The zero-order chi connectivity index (χ0) is 18.7. The number of aliphatic carboxylic acids is 1. The molecular formula is C23H32O3. The second-order valence-corrected chi connectivity index (χ2v) is 7.08. The van der Waals surface area contributed by atoms with Crippen molar-refractivity contribution in [3.8, 4) is 0 Å². The third-order valence-corrected chi connectivity index (χ3v) is 4.98. The van der Waals surface area contributed by atoms with E-state index in [2.05, 4.69) is 6.92 Å². The van der Waals surface area contributed by atoms with Crippen LogP contribution < -0.4 is 0 Å². The zero-order valence-electron chi connectivity index (χ0n) is 16.0. The summed E-state index contributed by atoms with van der Waals surface area (Å²) in [7, 11) is 0. The van der Waals surface area contributed by atoms with Crippen LogP contribution in [0, 0.1) is 0 Å². The van der Waals surface area contributed by atoms with Crippen LogP contribution in [0.2, 0.25) is 0 Å². The number of carboxylic acid groups (broad SMARTS) is 1. The zero-order valence-corrected chi connectivity index (χ0v) is 16.0. The van der Waals surface area contributed by atoms with Crippen molar-refractivity contribution < 1.29 is 14.6 Å². The number of ether oxygens (including phenoxy) is 1. The molecule has 0 aliphatic heterocycles. The van der Waals surface area contributed by atoms with E-state index in [0.717, 1.165) is 24.0 Å². The molecule has 0 amide bonds. The minimum absolute atomic E-state index is 0.375. The Hall–Kier alpha value is -1.87. The van der Waals surface area contributed by atoms with Gasteiger partial charge in [0.2, 0.25) is 0 Å². The molecule has 0 saturated carbocycles. The van der Waals surface area contributed by atoms with Crippen LogP contribution in [0.3, 0.4) is 0 Å². The molecule has 26 heavy (non-hydrogen) atoms. The first-order valence-electron chi connectivity index (χ1n) is 10.00. The molecule has 3 heteroatoms. The largest absolute Gasteiger partial charge is 0.479 e. The van der Waals surface area contributed by atoms with Gasteiger partial charge in [-0.15, -0.1) is 0 Å². The van der Waals surface area contributed by atoms with Gasteiger partial charge in [-0.2, -0.15) is 0 Å². The molecular weight excluding hydrogens is 324 g/mol. The van der Waals surface area contributed by atoms with Crippen molar-refractivity contribution >= 4 is 11.5 Å². The lowest BCUT2D eigenvalue weighted by atomic mass is 9.89. The third-order valence-electron chi connectivity index (χ3n) is 4.98. The van der Waals surface area contributed by atoms with Crippen LogP contribution in [0.25, 0.3) is 5.57 Å². The van der Waals surface area contributed by atoms with Gasteiger partial charge in [-0.1, -0.05) is 94.4 Å². The van der Waals surface area contributed by atoms with Gasteiger partial charge >= 0.3 is 5.97 Å². The Labute approximate surface area is 157 Å². The summed E-state index contributed by atoms with van der Waals surface area (Å²) in [4.78, 5) is 11.8. The fourth-order valence-corrected chi connectivity index (χ4v) is 3.28. The molecule has 1 N–H and O–H groups in total. The molecule has 0 aromatic heterocycles. The van der Waals surface area contributed by atoms with Gasteiger partial charge in [-0.3, -0.25) is 0 Å². The molecule has 0 saturated heterocycles. The summed E-state index contributed by atoms with van der Waals surface area (Å²) in [5.74, 6) is -0.906. The van der Waals surface area contributed by atoms with Crippen molar-refractivity contribution in [2.45, 2.75) is 70.3 Å². The van der Waals surface area contributed by atoms with Crippen molar-refractivity contribution in [1.29, 1.82) is 0 Å². The highest BCUT2D eigenvalue weighted by atomic mass is 16.5. The number of hydrogen-bond donors (Lipinski definition) is 1. The van der Waals surface area contributed by atoms with Gasteiger partial charge < -0.3 is 9.84 Å². The van der Waals surface area contributed by atoms with E-state index in [1.54, 1.807) is 6.08 Å². The van der Waals surface area contributed by atoms with Crippen LogP contribution >= 0.6 is 0 Å². The summed E-state index contributed by atoms with van der Waals surface area (Å²) in [5, 5.41) is 9.66. The van der Waals surface area contributed by atoms with Gasteiger partial charge in [0.25, 0.3) is 0 Å². The molecule has 0 heterocycles. The van der Waals surface area contributed by atoms with Gasteiger partial charge in [-0.05, 0) is 23.6 Å². The third kappa shape index (κ3) is 6.14. The molecule has 1 aliphatic carbocycles. The van der Waals surface area contributed by atoms with E-state index in [1.165, 1.54) is 38.5 Å². The highest BCUT2D eigenvalue weighted by molar-refractivity contribution is 5.85. The predicted octanol–water partition coefficient (Wildman–Crippen LogP) is 6.01. The fraction of sp³-hybridized carbons (Fsp3) is 0.522. The van der Waals surface area contributed by atoms with Gasteiger partial charge in [0, 0.05) is 13.0 Å². The number of unbranched alkanes of at least 4 members (excludes halogenated alkanes) is 7. The van der Waals surface area contributed by atoms with Crippen LogP contribution in [-0.4, -0.2) is 23.3 Å². The maximum atomic E-state index is 11.8. The summed E-state index contributed by atoms with van der Waals surface area (Å²) in [6, 6.07) is 10.0. The smallest absolute Gasteiger partial charge is 0.340 e. The van der Waals surface area contributed by atoms with Crippen LogP contribution in [0.5, 0.6) is 0 Å². The summed E-state index contributed by atoms with van der Waals surface area (Å²) in [6.45, 7) is 2.73. The second-order valence-electron chi connectivity index (χ2n) is 7.08. The average Bonchev–Trinajstić information content (AvgIpc) is 2.68. The molecule has 1 aromatic carbocycles. The van der Waals surface area contributed by atoms with Crippen molar-refractivity contribution in [2.24, 2.45) is 0 Å². The SMILES string of the molecule is CCCCCCCCCCOC1(C(=O)O)C=CC(c2ccccc2)=CC1. The quantitative estimate of drug-likeness (QED) is 0.466. The fourth-order valence-electron chi connectivity index (χ4n) is 3.28. The van der Waals surface area contributed by atoms with Crippen LogP contribution in [0.15, 0.2) is 48.6 Å². The van der Waals surface area contributed by atoms with E-state index in [-0.39, 0.29) is 0 Å². The summed E-state index contributed by atoms with van der Waals surface area (Å²) < 4.78 is 5.83. The lowest BCUT2D eigenvalue weighted by Gasteiger charge is -2.28.